The van der Waals surface area contributed by atoms with Crippen LogP contribution in [0.3, 0.4) is 0 Å². The first-order chi connectivity index (χ1) is 10.1. The largest absolute Gasteiger partial charge is 0.385 e. The van der Waals surface area contributed by atoms with Crippen LogP contribution in [0.1, 0.15) is 41.6 Å². The van der Waals surface area contributed by atoms with Crippen LogP contribution < -0.4 is 0 Å². The Morgan fingerprint density at radius 3 is 3.00 bits per heavy atom. The molecule has 0 aliphatic carbocycles. The molecule has 4 heteroatoms. The molecule has 1 atom stereocenters. The Morgan fingerprint density at radius 1 is 1.48 bits per heavy atom. The quantitative estimate of drug-likeness (QED) is 0.779. The maximum atomic E-state index is 13.6. The third-order valence-electron chi connectivity index (χ3n) is 4.19. The number of carbonyl (C=O) groups is 1. The zero-order valence-electron chi connectivity index (χ0n) is 12.9. The molecule has 1 aromatic rings. The number of amides is 1. The number of halogens is 1. The number of piperidine rings is 1. The monoisotopic (exact) mass is 293 g/mol. The van der Waals surface area contributed by atoms with E-state index < -0.39 is 0 Å². The summed E-state index contributed by atoms with van der Waals surface area (Å²) in [4.78, 5) is 14.3. The summed E-state index contributed by atoms with van der Waals surface area (Å²) in [5, 5.41) is 0. The Labute approximate surface area is 126 Å². The summed E-state index contributed by atoms with van der Waals surface area (Å²) in [6, 6.07) is 4.74. The molecule has 0 N–H and O–H groups in total. The fraction of sp³-hybridized carbons (Fsp3) is 0.588. The highest BCUT2D eigenvalue weighted by molar-refractivity contribution is 5.94. The second-order valence-electron chi connectivity index (χ2n) is 5.86. The van der Waals surface area contributed by atoms with Crippen molar-refractivity contribution in [1.29, 1.82) is 0 Å². The fourth-order valence-corrected chi connectivity index (χ4v) is 2.91. The molecule has 2 rings (SSSR count). The van der Waals surface area contributed by atoms with Gasteiger partial charge in [-0.05, 0) is 56.2 Å². The molecule has 1 heterocycles. The molecule has 0 aromatic heterocycles. The van der Waals surface area contributed by atoms with Gasteiger partial charge in [0.25, 0.3) is 5.91 Å². The van der Waals surface area contributed by atoms with E-state index in [0.29, 0.717) is 17.0 Å². The van der Waals surface area contributed by atoms with Crippen LogP contribution in [-0.4, -0.2) is 37.6 Å². The van der Waals surface area contributed by atoms with Crippen LogP contribution in [0.25, 0.3) is 0 Å². The van der Waals surface area contributed by atoms with Gasteiger partial charge in [-0.1, -0.05) is 6.07 Å². The maximum absolute atomic E-state index is 13.6. The third-order valence-corrected chi connectivity index (χ3v) is 4.19. The highest BCUT2D eigenvalue weighted by Gasteiger charge is 2.24. The number of ether oxygens (including phenoxy) is 1. The molecular formula is C17H24FNO2. The van der Waals surface area contributed by atoms with Gasteiger partial charge in [0.1, 0.15) is 5.82 Å². The minimum atomic E-state index is -0.311. The molecule has 1 amide bonds. The molecule has 1 aliphatic rings. The van der Waals surface area contributed by atoms with E-state index in [0.717, 1.165) is 45.4 Å². The first-order valence-corrected chi connectivity index (χ1v) is 7.66. The molecule has 116 valence electrons. The number of likely N-dealkylation sites (tertiary alicyclic amines) is 1. The lowest BCUT2D eigenvalue weighted by Gasteiger charge is -2.33. The van der Waals surface area contributed by atoms with Crippen molar-refractivity contribution in [2.24, 2.45) is 5.92 Å². The van der Waals surface area contributed by atoms with Crippen molar-refractivity contribution in [3.05, 3.63) is 35.1 Å². The van der Waals surface area contributed by atoms with Gasteiger partial charge in [0.15, 0.2) is 0 Å². The zero-order valence-corrected chi connectivity index (χ0v) is 12.9. The number of carbonyl (C=O) groups excluding carboxylic acids is 1. The molecule has 3 nitrogen and oxygen atoms in total. The lowest BCUT2D eigenvalue weighted by molar-refractivity contribution is 0.0660. The number of benzene rings is 1. The summed E-state index contributed by atoms with van der Waals surface area (Å²) in [6.07, 6.45) is 4.30. The molecule has 0 bridgehead atoms. The van der Waals surface area contributed by atoms with Gasteiger partial charge in [0.2, 0.25) is 0 Å². The molecular weight excluding hydrogens is 269 g/mol. The van der Waals surface area contributed by atoms with Crippen molar-refractivity contribution in [2.45, 2.75) is 32.6 Å². The summed E-state index contributed by atoms with van der Waals surface area (Å²) in [5.74, 6) is 0.174. The number of aryl methyl sites for hydroxylation is 1. The molecule has 0 radical (unpaired) electrons. The van der Waals surface area contributed by atoms with Crippen LogP contribution in [0, 0.1) is 18.7 Å². The van der Waals surface area contributed by atoms with E-state index in [2.05, 4.69) is 0 Å². The SMILES string of the molecule is COCCC[C@H]1CCCN(C(=O)c2ccc(C)c(F)c2)C1. The van der Waals surface area contributed by atoms with Gasteiger partial charge in [0, 0.05) is 32.4 Å². The summed E-state index contributed by atoms with van der Waals surface area (Å²) >= 11 is 0. The van der Waals surface area contributed by atoms with E-state index in [1.807, 2.05) is 4.90 Å². The smallest absolute Gasteiger partial charge is 0.253 e. The lowest BCUT2D eigenvalue weighted by atomic mass is 9.93. The van der Waals surface area contributed by atoms with E-state index in [1.165, 1.54) is 6.07 Å². The van der Waals surface area contributed by atoms with E-state index in [9.17, 15) is 9.18 Å². The van der Waals surface area contributed by atoms with Crippen LogP contribution in [0.4, 0.5) is 4.39 Å². The van der Waals surface area contributed by atoms with Crippen molar-refractivity contribution in [3.8, 4) is 0 Å². The average molecular weight is 293 g/mol. The lowest BCUT2D eigenvalue weighted by Crippen LogP contribution is -2.40. The normalized spacial score (nSPS) is 18.8. The second kappa shape index (κ2) is 7.55. The van der Waals surface area contributed by atoms with E-state index in [1.54, 1.807) is 26.2 Å². The van der Waals surface area contributed by atoms with Crippen LogP contribution >= 0.6 is 0 Å². The summed E-state index contributed by atoms with van der Waals surface area (Å²) in [5.41, 5.74) is 1.03. The topological polar surface area (TPSA) is 29.5 Å². The fourth-order valence-electron chi connectivity index (χ4n) is 2.91. The van der Waals surface area contributed by atoms with E-state index >= 15 is 0 Å². The predicted octanol–water partition coefficient (Wildman–Crippen LogP) is 3.41. The van der Waals surface area contributed by atoms with Gasteiger partial charge < -0.3 is 9.64 Å². The van der Waals surface area contributed by atoms with Crippen molar-refractivity contribution in [3.63, 3.8) is 0 Å². The van der Waals surface area contributed by atoms with Gasteiger partial charge >= 0.3 is 0 Å². The number of rotatable bonds is 5. The van der Waals surface area contributed by atoms with Gasteiger partial charge in [-0.25, -0.2) is 4.39 Å². The van der Waals surface area contributed by atoms with Crippen molar-refractivity contribution in [1.82, 2.24) is 4.90 Å². The zero-order chi connectivity index (χ0) is 15.2. The highest BCUT2D eigenvalue weighted by atomic mass is 19.1. The van der Waals surface area contributed by atoms with Gasteiger partial charge in [-0.15, -0.1) is 0 Å². The molecule has 0 saturated carbocycles. The average Bonchev–Trinajstić information content (AvgIpc) is 2.50. The van der Waals surface area contributed by atoms with Crippen LogP contribution in [0.2, 0.25) is 0 Å². The molecule has 1 fully saturated rings. The highest BCUT2D eigenvalue weighted by Crippen LogP contribution is 2.23. The number of nitrogens with zero attached hydrogens (tertiary/aromatic N) is 1. The first kappa shape index (κ1) is 16.0. The number of hydrogen-bond donors (Lipinski definition) is 0. The second-order valence-corrected chi connectivity index (χ2v) is 5.86. The molecule has 1 aliphatic heterocycles. The van der Waals surface area contributed by atoms with Crippen molar-refractivity contribution < 1.29 is 13.9 Å². The molecule has 21 heavy (non-hydrogen) atoms. The van der Waals surface area contributed by atoms with Gasteiger partial charge in [0.05, 0.1) is 0 Å². The Hall–Kier alpha value is -1.42. The third kappa shape index (κ3) is 4.27. The molecule has 1 aromatic carbocycles. The van der Waals surface area contributed by atoms with Gasteiger partial charge in [-0.3, -0.25) is 4.79 Å². The maximum Gasteiger partial charge on any atom is 0.253 e. The molecule has 1 saturated heterocycles. The van der Waals surface area contributed by atoms with Crippen molar-refractivity contribution >= 4 is 5.91 Å². The van der Waals surface area contributed by atoms with Crippen LogP contribution in [-0.2, 0) is 4.74 Å². The minimum absolute atomic E-state index is 0.0506. The van der Waals surface area contributed by atoms with Gasteiger partial charge in [-0.2, -0.15) is 0 Å². The Balaban J connectivity index is 1.96. The first-order valence-electron chi connectivity index (χ1n) is 7.66. The van der Waals surface area contributed by atoms with Crippen LogP contribution in [0.15, 0.2) is 18.2 Å². The molecule has 0 unspecified atom stereocenters. The number of methoxy groups -OCH3 is 1. The van der Waals surface area contributed by atoms with Crippen LogP contribution in [0.5, 0.6) is 0 Å². The van der Waals surface area contributed by atoms with E-state index in [4.69, 9.17) is 4.74 Å². The minimum Gasteiger partial charge on any atom is -0.385 e. The van der Waals surface area contributed by atoms with Crippen molar-refractivity contribution in [2.75, 3.05) is 26.8 Å². The summed E-state index contributed by atoms with van der Waals surface area (Å²) < 4.78 is 18.7. The Kier molecular flexibility index (Phi) is 5.74. The molecule has 0 spiro atoms. The standard InChI is InChI=1S/C17H24FNO2/c1-13-7-8-15(11-16(13)18)17(20)19-9-3-5-14(12-19)6-4-10-21-2/h7-8,11,14H,3-6,9-10,12H2,1-2H3/t14-/m1/s1. The summed E-state index contributed by atoms with van der Waals surface area (Å²) in [7, 11) is 1.71. The number of hydrogen-bond acceptors (Lipinski definition) is 2. The summed E-state index contributed by atoms with van der Waals surface area (Å²) in [6.45, 7) is 4.02. The Morgan fingerprint density at radius 2 is 2.29 bits per heavy atom. The predicted molar refractivity (Wildman–Crippen MR) is 80.9 cm³/mol. The Bertz CT molecular complexity index is 490. The van der Waals surface area contributed by atoms with E-state index in [-0.39, 0.29) is 11.7 Å².